The lowest BCUT2D eigenvalue weighted by atomic mass is 10.1. The van der Waals surface area contributed by atoms with Crippen LogP contribution in [0.4, 0.5) is 13.2 Å². The molecule has 1 heterocycles. The topological polar surface area (TPSA) is 77.9 Å². The van der Waals surface area contributed by atoms with Crippen LogP contribution in [0.1, 0.15) is 30.5 Å². The lowest BCUT2D eigenvalue weighted by Crippen LogP contribution is -2.58. The van der Waals surface area contributed by atoms with E-state index in [1.165, 1.54) is 16.4 Å². The van der Waals surface area contributed by atoms with Crippen LogP contribution < -0.4 is 0 Å². The Morgan fingerprint density at radius 1 is 1.06 bits per heavy atom. The summed E-state index contributed by atoms with van der Waals surface area (Å²) in [5.74, 6) is -1.53. The summed E-state index contributed by atoms with van der Waals surface area (Å²) in [5, 5.41) is 9.42. The highest BCUT2D eigenvalue weighted by atomic mass is 32.2. The molecule has 2 aromatic rings. The molecule has 1 aliphatic carbocycles. The monoisotopic (exact) mass is 542 g/mol. The number of carbonyl (C=O) groups is 1. The van der Waals surface area contributed by atoms with Crippen molar-refractivity contribution >= 4 is 27.8 Å². The summed E-state index contributed by atoms with van der Waals surface area (Å²) in [4.78, 5) is 14.0. The van der Waals surface area contributed by atoms with Crippen LogP contribution in [-0.2, 0) is 34.1 Å². The van der Waals surface area contributed by atoms with Gasteiger partial charge in [0.1, 0.15) is 0 Å². The molecular weight excluding hydrogens is 513 g/mol. The summed E-state index contributed by atoms with van der Waals surface area (Å²) in [6, 6.07) is 10.8. The standard InChI is InChI=1S/C25H29F3N2O4S2/c1-16-14-29(11-10-18-6-8-21(9-7-18)35-25(26,27)28)15-17(2)30(16)36(33,34)23-5-3-4-19-12-20(24(31)32)13-22(19)23/h3-9,16-17,20H,10-15H2,1-2H3,(H,31,32)/t16-,17+,20?. The van der Waals surface area contributed by atoms with Gasteiger partial charge in [-0.2, -0.15) is 17.5 Å². The van der Waals surface area contributed by atoms with E-state index >= 15 is 0 Å². The number of nitrogens with zero attached hydrogens (tertiary/aromatic N) is 2. The predicted molar refractivity (Wildman–Crippen MR) is 131 cm³/mol. The van der Waals surface area contributed by atoms with Gasteiger partial charge < -0.3 is 5.11 Å². The maximum Gasteiger partial charge on any atom is 0.446 e. The number of hydrogen-bond donors (Lipinski definition) is 1. The number of alkyl halides is 3. The number of hydrogen-bond acceptors (Lipinski definition) is 5. The van der Waals surface area contributed by atoms with Crippen LogP contribution in [0.25, 0.3) is 0 Å². The molecule has 4 rings (SSSR count). The quantitative estimate of drug-likeness (QED) is 0.522. The molecule has 1 N–H and O–H groups in total. The molecule has 0 bridgehead atoms. The van der Waals surface area contributed by atoms with Gasteiger partial charge >= 0.3 is 11.5 Å². The van der Waals surface area contributed by atoms with Gasteiger partial charge in [0.15, 0.2) is 0 Å². The van der Waals surface area contributed by atoms with E-state index in [1.54, 1.807) is 30.3 Å². The second-order valence-electron chi connectivity index (χ2n) is 9.57. The predicted octanol–water partition coefficient (Wildman–Crippen LogP) is 4.42. The molecule has 1 unspecified atom stereocenters. The van der Waals surface area contributed by atoms with Gasteiger partial charge in [0.05, 0.1) is 10.8 Å². The van der Waals surface area contributed by atoms with Crippen molar-refractivity contribution in [2.24, 2.45) is 5.92 Å². The molecule has 196 valence electrons. The Morgan fingerprint density at radius 2 is 1.69 bits per heavy atom. The summed E-state index contributed by atoms with van der Waals surface area (Å²) in [5.41, 5.74) is -2.00. The summed E-state index contributed by atoms with van der Waals surface area (Å²) in [6.45, 7) is 5.45. The number of sulfonamides is 1. The molecule has 11 heteroatoms. The summed E-state index contributed by atoms with van der Waals surface area (Å²) in [6.07, 6.45) is 1.19. The molecule has 6 nitrogen and oxygen atoms in total. The number of carboxylic acids is 1. The fraction of sp³-hybridized carbons (Fsp3) is 0.480. The number of halogens is 3. The molecule has 2 aliphatic rings. The van der Waals surface area contributed by atoms with Crippen LogP contribution in [0.3, 0.4) is 0 Å². The van der Waals surface area contributed by atoms with E-state index in [2.05, 4.69) is 4.90 Å². The van der Waals surface area contributed by atoms with Gasteiger partial charge in [0, 0.05) is 36.6 Å². The second kappa shape index (κ2) is 10.4. The minimum absolute atomic E-state index is 0.136. The Labute approximate surface area is 213 Å². The molecule has 36 heavy (non-hydrogen) atoms. The van der Waals surface area contributed by atoms with E-state index in [0.29, 0.717) is 38.0 Å². The van der Waals surface area contributed by atoms with Gasteiger partial charge in [-0.05, 0) is 79.8 Å². The zero-order chi connectivity index (χ0) is 26.3. The summed E-state index contributed by atoms with van der Waals surface area (Å²) >= 11 is -0.136. The van der Waals surface area contributed by atoms with Gasteiger partial charge in [0.2, 0.25) is 10.0 Å². The van der Waals surface area contributed by atoms with Crippen molar-refractivity contribution in [3.05, 3.63) is 59.2 Å². The Balaban J connectivity index is 1.42. The molecule has 2 aromatic carbocycles. The number of piperazine rings is 1. The highest BCUT2D eigenvalue weighted by Gasteiger charge is 2.41. The Hall–Kier alpha value is -2.08. The van der Waals surface area contributed by atoms with Crippen LogP contribution in [0.15, 0.2) is 52.3 Å². The van der Waals surface area contributed by atoms with Crippen LogP contribution in [0, 0.1) is 5.92 Å². The first-order valence-electron chi connectivity index (χ1n) is 11.8. The zero-order valence-electron chi connectivity index (χ0n) is 20.0. The van der Waals surface area contributed by atoms with Crippen LogP contribution in [0.2, 0.25) is 0 Å². The first kappa shape index (κ1) is 27.0. The number of aliphatic carboxylic acids is 1. The molecule has 1 fully saturated rings. The van der Waals surface area contributed by atoms with Gasteiger partial charge in [0.25, 0.3) is 0 Å². The smallest absolute Gasteiger partial charge is 0.446 e. The number of rotatable bonds is 7. The van der Waals surface area contributed by atoms with Gasteiger partial charge in [-0.3, -0.25) is 9.69 Å². The molecule has 1 saturated heterocycles. The number of thioether (sulfide) groups is 1. The SMILES string of the molecule is C[C@@H]1CN(CCc2ccc(SC(F)(F)F)cc2)C[C@H](C)N1S(=O)(=O)c1cccc2c1CC(C(=O)O)C2. The third-order valence-corrected chi connectivity index (χ3v) is 9.79. The molecule has 0 spiro atoms. The second-order valence-corrected chi connectivity index (χ2v) is 12.5. The molecule has 0 aromatic heterocycles. The average Bonchev–Trinajstić information content (AvgIpc) is 3.22. The summed E-state index contributed by atoms with van der Waals surface area (Å²) < 4.78 is 66.6. The molecular formula is C25H29F3N2O4S2. The van der Waals surface area contributed by atoms with Crippen LogP contribution >= 0.6 is 11.8 Å². The number of fused-ring (bicyclic) bond motifs is 1. The van der Waals surface area contributed by atoms with Crippen LogP contribution in [-0.4, -0.2) is 65.9 Å². The molecule has 3 atom stereocenters. The molecule has 0 saturated carbocycles. The van der Waals surface area contributed by atoms with E-state index in [9.17, 15) is 31.5 Å². The highest BCUT2D eigenvalue weighted by molar-refractivity contribution is 8.00. The van der Waals surface area contributed by atoms with Gasteiger partial charge in [-0.25, -0.2) is 8.42 Å². The number of benzene rings is 2. The Kier molecular flexibility index (Phi) is 7.76. The van der Waals surface area contributed by atoms with E-state index in [0.717, 1.165) is 11.1 Å². The minimum atomic E-state index is -4.31. The van der Waals surface area contributed by atoms with E-state index in [1.807, 2.05) is 13.8 Å². The maximum atomic E-state index is 13.7. The maximum absolute atomic E-state index is 13.7. The lowest BCUT2D eigenvalue weighted by molar-refractivity contribution is -0.141. The van der Waals surface area contributed by atoms with Gasteiger partial charge in [-0.15, -0.1) is 0 Å². The minimum Gasteiger partial charge on any atom is -0.481 e. The zero-order valence-corrected chi connectivity index (χ0v) is 21.7. The first-order valence-corrected chi connectivity index (χ1v) is 14.0. The Morgan fingerprint density at radius 3 is 2.28 bits per heavy atom. The lowest BCUT2D eigenvalue weighted by Gasteiger charge is -2.43. The first-order chi connectivity index (χ1) is 16.8. The van der Waals surface area contributed by atoms with Crippen molar-refractivity contribution in [2.45, 2.75) is 60.5 Å². The third kappa shape index (κ3) is 5.90. The third-order valence-electron chi connectivity index (χ3n) is 6.84. The molecule has 1 aliphatic heterocycles. The van der Waals surface area contributed by atoms with E-state index in [-0.39, 0.29) is 40.1 Å². The van der Waals surface area contributed by atoms with E-state index < -0.39 is 27.4 Å². The van der Waals surface area contributed by atoms with Crippen molar-refractivity contribution < 1.29 is 31.5 Å². The molecule has 0 amide bonds. The van der Waals surface area contributed by atoms with E-state index in [4.69, 9.17) is 0 Å². The fourth-order valence-corrected chi connectivity index (χ4v) is 7.99. The normalized spacial score (nSPS) is 23.5. The van der Waals surface area contributed by atoms with Crippen molar-refractivity contribution in [1.82, 2.24) is 9.21 Å². The van der Waals surface area contributed by atoms with Crippen molar-refractivity contribution in [3.63, 3.8) is 0 Å². The van der Waals surface area contributed by atoms with Gasteiger partial charge in [-0.1, -0.05) is 24.3 Å². The average molecular weight is 543 g/mol. The highest BCUT2D eigenvalue weighted by Crippen LogP contribution is 2.37. The largest absolute Gasteiger partial charge is 0.481 e. The van der Waals surface area contributed by atoms with Crippen molar-refractivity contribution in [2.75, 3.05) is 19.6 Å². The fourth-order valence-electron chi connectivity index (χ4n) is 5.37. The van der Waals surface area contributed by atoms with Crippen LogP contribution in [0.5, 0.6) is 0 Å². The van der Waals surface area contributed by atoms with Crippen molar-refractivity contribution in [3.8, 4) is 0 Å². The molecule has 0 radical (unpaired) electrons. The summed E-state index contributed by atoms with van der Waals surface area (Å²) in [7, 11) is -3.83. The Bertz CT molecular complexity index is 1210. The van der Waals surface area contributed by atoms with Crippen molar-refractivity contribution in [1.29, 1.82) is 0 Å². The number of carboxylic acid groups (broad SMARTS) is 1.